The third-order valence-corrected chi connectivity index (χ3v) is 8.48. The molecule has 1 unspecified atom stereocenters. The van der Waals surface area contributed by atoms with E-state index in [1.165, 1.54) is 45.4 Å². The number of hydrogen-bond donors (Lipinski definition) is 0. The quantitative estimate of drug-likeness (QED) is 0.162. The van der Waals surface area contributed by atoms with Crippen molar-refractivity contribution in [2.75, 3.05) is 6.61 Å². The average molecular weight is 528 g/mol. The normalized spacial score (nSPS) is 11.9. The number of carbonyl (C=O) groups excluding carboxylic acids is 2. The van der Waals surface area contributed by atoms with E-state index in [4.69, 9.17) is 18.6 Å². The number of esters is 2. The predicted octanol–water partition coefficient (Wildman–Crippen LogP) is 7.05. The molecular formula is C30H43O6Si. The van der Waals surface area contributed by atoms with Gasteiger partial charge in [0.25, 0.3) is 9.04 Å². The van der Waals surface area contributed by atoms with Crippen LogP contribution >= 0.6 is 0 Å². The Labute approximate surface area is 224 Å². The zero-order valence-electron chi connectivity index (χ0n) is 23.1. The lowest BCUT2D eigenvalue weighted by Gasteiger charge is -2.24. The van der Waals surface area contributed by atoms with Crippen LogP contribution < -0.4 is 9.16 Å². The van der Waals surface area contributed by atoms with Crippen molar-refractivity contribution in [1.82, 2.24) is 0 Å². The fourth-order valence-corrected chi connectivity index (χ4v) is 6.07. The van der Waals surface area contributed by atoms with E-state index < -0.39 is 27.1 Å². The predicted molar refractivity (Wildman–Crippen MR) is 148 cm³/mol. The Morgan fingerprint density at radius 3 is 2.22 bits per heavy atom. The standard InChI is InChI=1S/C30H43O6Si/c1-6-9-16-27(17-10-7-2)37(5)36-26-18-19-28(34-22-24-14-12-11-13-15-24)25(20-26)21-29(35-23(4)31)30(32)33-8-3/h11-15,18-20,27,29H,6-10,16-17,21-22H2,1-5H3. The molecule has 0 N–H and O–H groups in total. The SMILES string of the molecule is CCCCC(CCCC)[Si](C)Oc1ccc(OCc2ccccc2)c(CC(OC(C)=O)C(=O)OCC)c1. The van der Waals surface area contributed by atoms with Crippen LogP contribution in [0.1, 0.15) is 77.3 Å². The molecule has 7 heteroatoms. The molecular weight excluding hydrogens is 484 g/mol. The Morgan fingerprint density at radius 1 is 0.946 bits per heavy atom. The third-order valence-electron chi connectivity index (χ3n) is 6.20. The zero-order valence-corrected chi connectivity index (χ0v) is 24.1. The van der Waals surface area contributed by atoms with Crippen LogP contribution in [-0.4, -0.2) is 33.7 Å². The summed E-state index contributed by atoms with van der Waals surface area (Å²) < 4.78 is 23.2. The van der Waals surface area contributed by atoms with Crippen molar-refractivity contribution in [1.29, 1.82) is 0 Å². The summed E-state index contributed by atoms with van der Waals surface area (Å²) in [6, 6.07) is 15.6. The van der Waals surface area contributed by atoms with Crippen LogP contribution in [0, 0.1) is 0 Å². The Morgan fingerprint density at radius 2 is 1.62 bits per heavy atom. The number of rotatable bonds is 17. The Kier molecular flexibility index (Phi) is 13.9. The molecule has 0 heterocycles. The number of unbranched alkanes of at least 4 members (excludes halogenated alkanes) is 2. The molecule has 2 aromatic carbocycles. The highest BCUT2D eigenvalue weighted by molar-refractivity contribution is 6.52. The summed E-state index contributed by atoms with van der Waals surface area (Å²) in [4.78, 5) is 24.3. The van der Waals surface area contributed by atoms with E-state index in [9.17, 15) is 9.59 Å². The number of hydrogen-bond acceptors (Lipinski definition) is 6. The van der Waals surface area contributed by atoms with Gasteiger partial charge in [-0.2, -0.15) is 0 Å². The molecule has 0 amide bonds. The molecule has 0 fully saturated rings. The molecule has 2 rings (SSSR count). The lowest BCUT2D eigenvalue weighted by Crippen LogP contribution is -2.31. The minimum absolute atomic E-state index is 0.140. The average Bonchev–Trinajstić information content (AvgIpc) is 2.88. The number of carbonyl (C=O) groups is 2. The van der Waals surface area contributed by atoms with Crippen molar-refractivity contribution in [3.05, 3.63) is 59.7 Å². The van der Waals surface area contributed by atoms with Crippen molar-refractivity contribution in [2.45, 2.75) is 97.4 Å². The minimum Gasteiger partial charge on any atom is -0.542 e. The lowest BCUT2D eigenvalue weighted by molar-refractivity contribution is -0.166. The molecule has 1 atom stereocenters. The lowest BCUT2D eigenvalue weighted by atomic mass is 10.1. The van der Waals surface area contributed by atoms with E-state index in [1.807, 2.05) is 48.5 Å². The molecule has 0 bridgehead atoms. The fourth-order valence-electron chi connectivity index (χ4n) is 4.18. The van der Waals surface area contributed by atoms with E-state index in [0.29, 0.717) is 17.9 Å². The monoisotopic (exact) mass is 527 g/mol. The molecule has 6 nitrogen and oxygen atoms in total. The first-order chi connectivity index (χ1) is 17.9. The fraction of sp³-hybridized carbons (Fsp3) is 0.533. The first-order valence-corrected chi connectivity index (χ1v) is 15.5. The molecule has 0 saturated carbocycles. The molecule has 0 aliphatic carbocycles. The van der Waals surface area contributed by atoms with E-state index in [1.54, 1.807) is 6.92 Å². The van der Waals surface area contributed by atoms with Crippen molar-refractivity contribution in [2.24, 2.45) is 0 Å². The van der Waals surface area contributed by atoms with Gasteiger partial charge in [-0.3, -0.25) is 4.79 Å². The summed E-state index contributed by atoms with van der Waals surface area (Å²) in [5, 5.41) is 0. The summed E-state index contributed by atoms with van der Waals surface area (Å²) in [6.07, 6.45) is 6.23. The molecule has 0 aromatic heterocycles. The van der Waals surface area contributed by atoms with Gasteiger partial charge < -0.3 is 18.6 Å². The largest absolute Gasteiger partial charge is 0.542 e. The summed E-state index contributed by atoms with van der Waals surface area (Å²) >= 11 is 0. The van der Waals surface area contributed by atoms with Gasteiger partial charge in [0.2, 0.25) is 6.10 Å². The van der Waals surface area contributed by atoms with Crippen LogP contribution in [-0.2, 0) is 32.1 Å². The first kappa shape index (κ1) is 30.4. The van der Waals surface area contributed by atoms with E-state index in [2.05, 4.69) is 20.4 Å². The van der Waals surface area contributed by atoms with Gasteiger partial charge in [0.1, 0.15) is 18.1 Å². The summed E-state index contributed by atoms with van der Waals surface area (Å²) in [7, 11) is -1.10. The molecule has 0 aliphatic heterocycles. The molecule has 0 spiro atoms. The van der Waals surface area contributed by atoms with Gasteiger partial charge in [-0.15, -0.1) is 0 Å². The Hall–Kier alpha value is -2.80. The molecule has 0 aliphatic rings. The first-order valence-electron chi connectivity index (χ1n) is 13.5. The van der Waals surface area contributed by atoms with E-state index in [-0.39, 0.29) is 13.0 Å². The van der Waals surface area contributed by atoms with Gasteiger partial charge in [0, 0.05) is 18.9 Å². The van der Waals surface area contributed by atoms with Gasteiger partial charge in [0.15, 0.2) is 0 Å². The molecule has 1 radical (unpaired) electrons. The van der Waals surface area contributed by atoms with Crippen LogP contribution in [0.25, 0.3) is 0 Å². The van der Waals surface area contributed by atoms with Gasteiger partial charge >= 0.3 is 11.9 Å². The maximum atomic E-state index is 12.6. The number of benzene rings is 2. The van der Waals surface area contributed by atoms with E-state index in [0.717, 1.165) is 16.9 Å². The van der Waals surface area contributed by atoms with Crippen molar-refractivity contribution >= 4 is 21.0 Å². The van der Waals surface area contributed by atoms with Crippen LogP contribution in [0.2, 0.25) is 12.1 Å². The Bertz CT molecular complexity index is 940. The topological polar surface area (TPSA) is 71.1 Å². The van der Waals surface area contributed by atoms with Gasteiger partial charge in [-0.1, -0.05) is 69.9 Å². The van der Waals surface area contributed by atoms with Crippen LogP contribution in [0.3, 0.4) is 0 Å². The highest BCUT2D eigenvalue weighted by Crippen LogP contribution is 2.31. The van der Waals surface area contributed by atoms with Gasteiger partial charge in [-0.25, -0.2) is 4.79 Å². The number of ether oxygens (including phenoxy) is 3. The third kappa shape index (κ3) is 11.0. The second-order valence-electron chi connectivity index (χ2n) is 9.29. The minimum atomic E-state index is -1.10. The highest BCUT2D eigenvalue weighted by Gasteiger charge is 2.27. The van der Waals surface area contributed by atoms with Crippen molar-refractivity contribution in [3.8, 4) is 11.5 Å². The highest BCUT2D eigenvalue weighted by atomic mass is 28.3. The summed E-state index contributed by atoms with van der Waals surface area (Å²) in [5.41, 5.74) is 2.35. The molecule has 2 aromatic rings. The van der Waals surface area contributed by atoms with Gasteiger partial charge in [-0.05, 0) is 55.6 Å². The Balaban J connectivity index is 2.29. The van der Waals surface area contributed by atoms with Crippen molar-refractivity contribution in [3.63, 3.8) is 0 Å². The van der Waals surface area contributed by atoms with Crippen LogP contribution in [0.4, 0.5) is 0 Å². The maximum Gasteiger partial charge on any atom is 0.347 e. The van der Waals surface area contributed by atoms with Crippen LogP contribution in [0.5, 0.6) is 11.5 Å². The van der Waals surface area contributed by atoms with Crippen molar-refractivity contribution < 1.29 is 28.2 Å². The van der Waals surface area contributed by atoms with Gasteiger partial charge in [0.05, 0.1) is 6.61 Å². The second-order valence-corrected chi connectivity index (χ2v) is 11.5. The molecule has 37 heavy (non-hydrogen) atoms. The maximum absolute atomic E-state index is 12.6. The second kappa shape index (κ2) is 16.8. The van der Waals surface area contributed by atoms with E-state index >= 15 is 0 Å². The summed E-state index contributed by atoms with van der Waals surface area (Å²) in [6.45, 7) is 10.3. The molecule has 0 saturated heterocycles. The summed E-state index contributed by atoms with van der Waals surface area (Å²) in [5.74, 6) is 0.265. The van der Waals surface area contributed by atoms with Crippen LogP contribution in [0.15, 0.2) is 48.5 Å². The smallest absolute Gasteiger partial charge is 0.347 e. The molecule has 203 valence electrons. The zero-order chi connectivity index (χ0) is 27.0.